The molecular weight excluding hydrogens is 379 g/mol. The predicted octanol–water partition coefficient (Wildman–Crippen LogP) is 4.07. The lowest BCUT2D eigenvalue weighted by molar-refractivity contribution is -0.124. The predicted molar refractivity (Wildman–Crippen MR) is 112 cm³/mol. The molecule has 1 aromatic carbocycles. The Hall–Kier alpha value is -1.92. The SMILES string of the molecule is CC(C)(C)NC(=O)CN1CCC(CNc2nccc3c(F)cc(Cl)cc23)CC1. The second kappa shape index (κ2) is 8.62. The number of hydrogen-bond donors (Lipinski definition) is 2. The molecule has 1 fully saturated rings. The molecule has 2 heterocycles. The largest absolute Gasteiger partial charge is 0.369 e. The van der Waals surface area contributed by atoms with Crippen LogP contribution in [0.4, 0.5) is 10.2 Å². The number of hydrogen-bond acceptors (Lipinski definition) is 4. The van der Waals surface area contributed by atoms with Gasteiger partial charge in [-0.1, -0.05) is 11.6 Å². The maximum Gasteiger partial charge on any atom is 0.234 e. The molecule has 2 N–H and O–H groups in total. The molecule has 2 aromatic rings. The first kappa shape index (κ1) is 20.8. The van der Waals surface area contributed by atoms with Crippen molar-refractivity contribution in [2.45, 2.75) is 39.2 Å². The van der Waals surface area contributed by atoms with Crippen molar-refractivity contribution >= 4 is 34.1 Å². The fraction of sp³-hybridized carbons (Fsp3) is 0.524. The number of anilines is 1. The zero-order valence-corrected chi connectivity index (χ0v) is 17.4. The highest BCUT2D eigenvalue weighted by molar-refractivity contribution is 6.31. The van der Waals surface area contributed by atoms with E-state index in [1.54, 1.807) is 18.3 Å². The molecule has 1 aliphatic rings. The van der Waals surface area contributed by atoms with Gasteiger partial charge in [0.25, 0.3) is 0 Å². The molecule has 5 nitrogen and oxygen atoms in total. The summed E-state index contributed by atoms with van der Waals surface area (Å²) in [6, 6.07) is 4.72. The Bertz CT molecular complexity index is 844. The first-order chi connectivity index (χ1) is 13.2. The van der Waals surface area contributed by atoms with Gasteiger partial charge in [-0.05, 0) is 70.8 Å². The summed E-state index contributed by atoms with van der Waals surface area (Å²) in [7, 11) is 0. The topological polar surface area (TPSA) is 57.3 Å². The molecule has 7 heteroatoms. The van der Waals surface area contributed by atoms with Crippen LogP contribution in [0.5, 0.6) is 0 Å². The van der Waals surface area contributed by atoms with E-state index in [1.165, 1.54) is 6.07 Å². The lowest BCUT2D eigenvalue weighted by Gasteiger charge is -2.32. The van der Waals surface area contributed by atoms with Crippen LogP contribution in [0.25, 0.3) is 10.8 Å². The number of fused-ring (bicyclic) bond motifs is 1. The van der Waals surface area contributed by atoms with Gasteiger partial charge in [0, 0.05) is 34.1 Å². The number of carbonyl (C=O) groups excluding carboxylic acids is 1. The fourth-order valence-corrected chi connectivity index (χ4v) is 3.80. The third kappa shape index (κ3) is 5.55. The Labute approximate surface area is 170 Å². The lowest BCUT2D eigenvalue weighted by Crippen LogP contribution is -2.47. The molecule has 0 aliphatic carbocycles. The van der Waals surface area contributed by atoms with Crippen LogP contribution in [-0.2, 0) is 4.79 Å². The van der Waals surface area contributed by atoms with Gasteiger partial charge in [-0.25, -0.2) is 9.37 Å². The van der Waals surface area contributed by atoms with Crippen LogP contribution < -0.4 is 10.6 Å². The van der Waals surface area contributed by atoms with Gasteiger partial charge in [-0.15, -0.1) is 0 Å². The minimum atomic E-state index is -0.338. The summed E-state index contributed by atoms with van der Waals surface area (Å²) in [5, 5.41) is 7.95. The van der Waals surface area contributed by atoms with Crippen molar-refractivity contribution in [2.24, 2.45) is 5.92 Å². The standard InChI is InChI=1S/C21H28ClFN4O/c1-21(2,3)26-19(28)13-27-8-5-14(6-9-27)12-25-20-17-10-15(22)11-18(23)16(17)4-7-24-20/h4,7,10-11,14H,5-6,8-9,12-13H2,1-3H3,(H,24,25)(H,26,28). The zero-order valence-electron chi connectivity index (χ0n) is 16.7. The molecule has 0 atom stereocenters. The van der Waals surface area contributed by atoms with Gasteiger partial charge in [0.2, 0.25) is 5.91 Å². The smallest absolute Gasteiger partial charge is 0.234 e. The van der Waals surface area contributed by atoms with Gasteiger partial charge in [-0.3, -0.25) is 9.69 Å². The third-order valence-electron chi connectivity index (χ3n) is 4.94. The van der Waals surface area contributed by atoms with E-state index in [4.69, 9.17) is 11.6 Å². The molecule has 0 spiro atoms. The van der Waals surface area contributed by atoms with Gasteiger partial charge >= 0.3 is 0 Å². The van der Waals surface area contributed by atoms with Crippen LogP contribution >= 0.6 is 11.6 Å². The summed E-state index contributed by atoms with van der Waals surface area (Å²) < 4.78 is 14.1. The summed E-state index contributed by atoms with van der Waals surface area (Å²) in [5.41, 5.74) is -0.201. The van der Waals surface area contributed by atoms with Gasteiger partial charge in [-0.2, -0.15) is 0 Å². The first-order valence-corrected chi connectivity index (χ1v) is 10.1. The lowest BCUT2D eigenvalue weighted by atomic mass is 9.96. The number of likely N-dealkylation sites (tertiary alicyclic amines) is 1. The highest BCUT2D eigenvalue weighted by Gasteiger charge is 2.22. The van der Waals surface area contributed by atoms with E-state index in [-0.39, 0.29) is 17.3 Å². The van der Waals surface area contributed by atoms with Crippen molar-refractivity contribution in [3.63, 3.8) is 0 Å². The monoisotopic (exact) mass is 406 g/mol. The van der Waals surface area contributed by atoms with E-state index in [2.05, 4.69) is 20.5 Å². The second-order valence-electron chi connectivity index (χ2n) is 8.54. The number of piperidine rings is 1. The molecule has 1 amide bonds. The summed E-state index contributed by atoms with van der Waals surface area (Å²) >= 11 is 6.01. The average Bonchev–Trinajstić information content (AvgIpc) is 2.59. The van der Waals surface area contributed by atoms with E-state index in [1.807, 2.05) is 20.8 Å². The maximum absolute atomic E-state index is 14.1. The zero-order chi connectivity index (χ0) is 20.3. The molecular formula is C21H28ClFN4O. The molecule has 1 aromatic heterocycles. The van der Waals surface area contributed by atoms with Crippen molar-refractivity contribution in [1.29, 1.82) is 0 Å². The van der Waals surface area contributed by atoms with Crippen LogP contribution in [0.15, 0.2) is 24.4 Å². The van der Waals surface area contributed by atoms with Crippen molar-refractivity contribution in [3.8, 4) is 0 Å². The van der Waals surface area contributed by atoms with Gasteiger partial charge in [0.1, 0.15) is 11.6 Å². The summed E-state index contributed by atoms with van der Waals surface area (Å²) in [4.78, 5) is 18.6. The minimum Gasteiger partial charge on any atom is -0.369 e. The molecule has 152 valence electrons. The van der Waals surface area contributed by atoms with Crippen LogP contribution in [0, 0.1) is 11.7 Å². The number of nitrogens with one attached hydrogen (secondary N) is 2. The number of aromatic nitrogens is 1. The van der Waals surface area contributed by atoms with Crippen molar-refractivity contribution in [1.82, 2.24) is 15.2 Å². The van der Waals surface area contributed by atoms with Gasteiger partial charge in [0.05, 0.1) is 6.54 Å². The van der Waals surface area contributed by atoms with Gasteiger partial charge in [0.15, 0.2) is 0 Å². The van der Waals surface area contributed by atoms with Crippen molar-refractivity contribution in [2.75, 3.05) is 31.5 Å². The Morgan fingerprint density at radius 3 is 2.68 bits per heavy atom. The van der Waals surface area contributed by atoms with E-state index in [0.29, 0.717) is 34.1 Å². The van der Waals surface area contributed by atoms with E-state index in [9.17, 15) is 9.18 Å². The van der Waals surface area contributed by atoms with E-state index < -0.39 is 0 Å². The first-order valence-electron chi connectivity index (χ1n) is 9.72. The third-order valence-corrected chi connectivity index (χ3v) is 5.16. The van der Waals surface area contributed by atoms with E-state index in [0.717, 1.165) is 32.5 Å². The molecule has 28 heavy (non-hydrogen) atoms. The second-order valence-corrected chi connectivity index (χ2v) is 8.98. The minimum absolute atomic E-state index is 0.0722. The Balaban J connectivity index is 1.52. The van der Waals surface area contributed by atoms with E-state index >= 15 is 0 Å². The normalized spacial score (nSPS) is 16.3. The molecule has 1 saturated heterocycles. The highest BCUT2D eigenvalue weighted by atomic mass is 35.5. The quantitative estimate of drug-likeness (QED) is 0.786. The fourth-order valence-electron chi connectivity index (χ4n) is 3.60. The Kier molecular flexibility index (Phi) is 6.40. The summed E-state index contributed by atoms with van der Waals surface area (Å²) in [6.45, 7) is 8.97. The number of amides is 1. The summed E-state index contributed by atoms with van der Waals surface area (Å²) in [5.74, 6) is 0.881. The molecule has 0 unspecified atom stereocenters. The summed E-state index contributed by atoms with van der Waals surface area (Å²) in [6.07, 6.45) is 3.63. The molecule has 0 radical (unpaired) electrons. The average molecular weight is 407 g/mol. The van der Waals surface area contributed by atoms with Gasteiger partial charge < -0.3 is 10.6 Å². The van der Waals surface area contributed by atoms with Crippen LogP contribution in [0.1, 0.15) is 33.6 Å². The Morgan fingerprint density at radius 2 is 2.00 bits per heavy atom. The highest BCUT2D eigenvalue weighted by Crippen LogP contribution is 2.28. The molecule has 3 rings (SSSR count). The molecule has 1 aliphatic heterocycles. The Morgan fingerprint density at radius 1 is 1.29 bits per heavy atom. The van der Waals surface area contributed by atoms with Crippen molar-refractivity contribution in [3.05, 3.63) is 35.2 Å². The van der Waals surface area contributed by atoms with Crippen LogP contribution in [0.2, 0.25) is 5.02 Å². The number of pyridine rings is 1. The number of carbonyl (C=O) groups is 1. The maximum atomic E-state index is 14.1. The number of halogens is 2. The molecule has 0 saturated carbocycles. The van der Waals surface area contributed by atoms with Crippen molar-refractivity contribution < 1.29 is 9.18 Å². The molecule has 0 bridgehead atoms. The number of rotatable bonds is 5. The number of benzene rings is 1. The van der Waals surface area contributed by atoms with Crippen LogP contribution in [-0.4, -0.2) is 47.5 Å². The number of nitrogens with zero attached hydrogens (tertiary/aromatic N) is 2. The van der Waals surface area contributed by atoms with Crippen LogP contribution in [0.3, 0.4) is 0 Å².